The fourth-order valence-electron chi connectivity index (χ4n) is 10.0. The zero-order chi connectivity index (χ0) is 45.0. The molecule has 5 nitrogen and oxygen atoms in total. The van der Waals surface area contributed by atoms with Gasteiger partial charge in [0, 0.05) is 49.4 Å². The van der Waals surface area contributed by atoms with Gasteiger partial charge in [-0.25, -0.2) is 15.0 Å². The average molecular weight is 868 g/mol. The number of rotatable bonds is 8. The molecule has 0 radical (unpaired) electrons. The topological polar surface area (TPSA) is 48.5 Å². The van der Waals surface area contributed by atoms with Crippen LogP contribution < -0.4 is 0 Å². The minimum atomic E-state index is 0.591. The molecule has 0 unspecified atom stereocenters. The van der Waals surface area contributed by atoms with Gasteiger partial charge < -0.3 is 9.13 Å². The maximum absolute atomic E-state index is 5.40. The highest BCUT2D eigenvalue weighted by Gasteiger charge is 2.21. The molecule has 0 fully saturated rings. The monoisotopic (exact) mass is 867 g/mol. The van der Waals surface area contributed by atoms with Crippen LogP contribution in [0.15, 0.2) is 249 Å². The van der Waals surface area contributed by atoms with Gasteiger partial charge in [0.2, 0.25) is 0 Å². The molecule has 0 aliphatic heterocycles. The zero-order valence-corrected chi connectivity index (χ0v) is 36.9. The molecule has 0 amide bonds. The maximum Gasteiger partial charge on any atom is 0.164 e. The van der Waals surface area contributed by atoms with Crippen molar-refractivity contribution >= 4 is 43.6 Å². The van der Waals surface area contributed by atoms with E-state index in [1.54, 1.807) is 0 Å². The number of nitrogens with zero attached hydrogens (tertiary/aromatic N) is 5. The van der Waals surface area contributed by atoms with Crippen LogP contribution in [-0.4, -0.2) is 24.1 Å². The highest BCUT2D eigenvalue weighted by atomic mass is 15.0. The molecule has 5 heteroatoms. The maximum atomic E-state index is 5.40. The van der Waals surface area contributed by atoms with E-state index in [0.717, 1.165) is 83.5 Å². The third kappa shape index (κ3) is 6.68. The van der Waals surface area contributed by atoms with E-state index in [2.05, 4.69) is 240 Å². The number of para-hydroxylation sites is 4. The second-order valence-electron chi connectivity index (χ2n) is 17.2. The van der Waals surface area contributed by atoms with Crippen LogP contribution in [0.5, 0.6) is 0 Å². The van der Waals surface area contributed by atoms with E-state index in [4.69, 9.17) is 15.0 Å². The summed E-state index contributed by atoms with van der Waals surface area (Å²) in [4.78, 5) is 15.9. The molecule has 0 aliphatic rings. The summed E-state index contributed by atoms with van der Waals surface area (Å²) in [6.07, 6.45) is 0. The summed E-state index contributed by atoms with van der Waals surface area (Å²) in [5.74, 6) is 1.79. The Morgan fingerprint density at radius 1 is 0.221 bits per heavy atom. The number of hydrogen-bond donors (Lipinski definition) is 0. The summed E-state index contributed by atoms with van der Waals surface area (Å²) >= 11 is 0. The number of benzene rings is 10. The van der Waals surface area contributed by atoms with Gasteiger partial charge in [0.15, 0.2) is 17.5 Å². The zero-order valence-electron chi connectivity index (χ0n) is 36.9. The van der Waals surface area contributed by atoms with Crippen LogP contribution in [0.4, 0.5) is 0 Å². The Hall–Kier alpha value is -9.19. The fraction of sp³-hybridized carbons (Fsp3) is 0. The largest absolute Gasteiger partial charge is 0.309 e. The van der Waals surface area contributed by atoms with E-state index in [9.17, 15) is 0 Å². The lowest BCUT2D eigenvalue weighted by atomic mass is 9.96. The van der Waals surface area contributed by atoms with Crippen molar-refractivity contribution in [2.75, 3.05) is 0 Å². The van der Waals surface area contributed by atoms with Gasteiger partial charge in [0.25, 0.3) is 0 Å². The Kier molecular flexibility index (Phi) is 9.43. The van der Waals surface area contributed by atoms with E-state index in [-0.39, 0.29) is 0 Å². The molecule has 0 saturated heterocycles. The first-order valence-electron chi connectivity index (χ1n) is 23.0. The average Bonchev–Trinajstić information content (AvgIpc) is 3.94. The second-order valence-corrected chi connectivity index (χ2v) is 17.2. The highest BCUT2D eigenvalue weighted by molar-refractivity contribution is 6.11. The molecule has 0 N–H and O–H groups in total. The van der Waals surface area contributed by atoms with E-state index in [1.807, 2.05) is 18.2 Å². The number of aromatic nitrogens is 5. The Labute approximate surface area is 393 Å². The van der Waals surface area contributed by atoms with Gasteiger partial charge in [-0.05, 0) is 76.9 Å². The smallest absolute Gasteiger partial charge is 0.164 e. The van der Waals surface area contributed by atoms with Crippen molar-refractivity contribution in [3.63, 3.8) is 0 Å². The summed E-state index contributed by atoms with van der Waals surface area (Å²) in [6, 6.07) is 88.2. The van der Waals surface area contributed by atoms with Crippen LogP contribution in [0.2, 0.25) is 0 Å². The minimum Gasteiger partial charge on any atom is -0.309 e. The van der Waals surface area contributed by atoms with Crippen molar-refractivity contribution in [2.45, 2.75) is 0 Å². The van der Waals surface area contributed by atoms with Crippen molar-refractivity contribution in [3.8, 4) is 78.9 Å². The predicted molar refractivity (Wildman–Crippen MR) is 281 cm³/mol. The quantitative estimate of drug-likeness (QED) is 0.153. The summed E-state index contributed by atoms with van der Waals surface area (Å²) in [6.45, 7) is 0. The third-order valence-corrected chi connectivity index (χ3v) is 13.2. The van der Waals surface area contributed by atoms with Gasteiger partial charge in [-0.3, -0.25) is 0 Å². The number of hydrogen-bond acceptors (Lipinski definition) is 3. The highest BCUT2D eigenvalue weighted by Crippen LogP contribution is 2.41. The standard InChI is InChI=1S/C63H41N5/c1-4-19-42(20-5-1)45-25-18-26-46(39-45)54-40-47(36-38-59(54)67-55-31-14-10-27-50(55)51-28-11-15-32-56(51)67)62-64-61(44-23-8-3-9-24-44)65-63(66-62)48-35-37-49(43-21-6-2-7-22-43)60(41-48)68-57-33-16-12-29-52(57)53-30-13-17-34-58(53)68/h1-41H. The molecule has 0 spiro atoms. The van der Waals surface area contributed by atoms with Crippen molar-refractivity contribution in [1.82, 2.24) is 24.1 Å². The molecule has 13 rings (SSSR count). The molecule has 68 heavy (non-hydrogen) atoms. The molecule has 0 atom stereocenters. The molecule has 0 saturated carbocycles. The summed E-state index contributed by atoms with van der Waals surface area (Å²) < 4.78 is 4.79. The number of fused-ring (bicyclic) bond motifs is 6. The first kappa shape index (κ1) is 39.2. The van der Waals surface area contributed by atoms with Gasteiger partial charge in [-0.1, -0.05) is 194 Å². The Balaban J connectivity index is 1.05. The summed E-state index contributed by atoms with van der Waals surface area (Å²) in [7, 11) is 0. The van der Waals surface area contributed by atoms with Crippen LogP contribution >= 0.6 is 0 Å². The molecule has 10 aromatic carbocycles. The van der Waals surface area contributed by atoms with E-state index in [1.165, 1.54) is 21.5 Å². The van der Waals surface area contributed by atoms with E-state index in [0.29, 0.717) is 17.5 Å². The van der Waals surface area contributed by atoms with E-state index < -0.39 is 0 Å². The van der Waals surface area contributed by atoms with Crippen molar-refractivity contribution in [1.29, 1.82) is 0 Å². The van der Waals surface area contributed by atoms with Gasteiger partial charge in [0.05, 0.1) is 33.4 Å². The van der Waals surface area contributed by atoms with Crippen LogP contribution in [-0.2, 0) is 0 Å². The second kappa shape index (κ2) is 16.4. The van der Waals surface area contributed by atoms with Crippen molar-refractivity contribution < 1.29 is 0 Å². The van der Waals surface area contributed by atoms with E-state index >= 15 is 0 Å². The fourth-order valence-corrected chi connectivity index (χ4v) is 10.0. The molecule has 318 valence electrons. The van der Waals surface area contributed by atoms with Gasteiger partial charge >= 0.3 is 0 Å². The van der Waals surface area contributed by atoms with Crippen molar-refractivity contribution in [3.05, 3.63) is 249 Å². The Morgan fingerprint density at radius 3 is 1.16 bits per heavy atom. The van der Waals surface area contributed by atoms with Crippen LogP contribution in [0.25, 0.3) is 123 Å². The normalized spacial score (nSPS) is 11.5. The van der Waals surface area contributed by atoms with Gasteiger partial charge in [0.1, 0.15) is 0 Å². The minimum absolute atomic E-state index is 0.591. The summed E-state index contributed by atoms with van der Waals surface area (Å²) in [5, 5.41) is 4.83. The lowest BCUT2D eigenvalue weighted by molar-refractivity contribution is 1.07. The van der Waals surface area contributed by atoms with Crippen molar-refractivity contribution in [2.24, 2.45) is 0 Å². The van der Waals surface area contributed by atoms with Gasteiger partial charge in [-0.2, -0.15) is 0 Å². The third-order valence-electron chi connectivity index (χ3n) is 13.2. The molecular weight excluding hydrogens is 827 g/mol. The van der Waals surface area contributed by atoms with Gasteiger partial charge in [-0.15, -0.1) is 0 Å². The van der Waals surface area contributed by atoms with Crippen LogP contribution in [0, 0.1) is 0 Å². The molecule has 3 heterocycles. The molecule has 3 aromatic heterocycles. The van der Waals surface area contributed by atoms with Crippen LogP contribution in [0.1, 0.15) is 0 Å². The van der Waals surface area contributed by atoms with Crippen LogP contribution in [0.3, 0.4) is 0 Å². The molecular formula is C63H41N5. The Morgan fingerprint density at radius 2 is 0.618 bits per heavy atom. The first-order chi connectivity index (χ1) is 33.7. The molecule has 0 aliphatic carbocycles. The first-order valence-corrected chi connectivity index (χ1v) is 23.0. The SMILES string of the molecule is c1ccc(-c2cccc(-c3cc(-c4nc(-c5ccccc5)nc(-c5ccc(-c6ccccc6)c(-n6c7ccccc7c7ccccc76)c5)n4)ccc3-n3c4ccccc4c4ccccc43)c2)cc1. The molecule has 13 aromatic rings. The lowest BCUT2D eigenvalue weighted by Gasteiger charge is -2.17. The molecule has 0 bridgehead atoms. The summed E-state index contributed by atoms with van der Waals surface area (Å²) in [5.41, 5.74) is 16.1. The lowest BCUT2D eigenvalue weighted by Crippen LogP contribution is -2.03. The Bertz CT molecular complexity index is 3910. The predicted octanol–water partition coefficient (Wildman–Crippen LogP) is 16.1.